The van der Waals surface area contributed by atoms with E-state index in [1.807, 2.05) is 13.8 Å². The van der Waals surface area contributed by atoms with Gasteiger partial charge in [-0.25, -0.2) is 4.39 Å². The molecular weight excluding hydrogens is 483 g/mol. The first kappa shape index (κ1) is 26.7. The first-order valence-electron chi connectivity index (χ1n) is 12.1. The Morgan fingerprint density at radius 3 is 2.43 bits per heavy atom. The van der Waals surface area contributed by atoms with Crippen LogP contribution in [0.25, 0.3) is 11.3 Å². The van der Waals surface area contributed by atoms with Crippen LogP contribution >= 0.6 is 0 Å². The second-order valence-corrected chi connectivity index (χ2v) is 9.04. The number of aliphatic hydroxyl groups excluding tert-OH is 1. The maximum Gasteiger partial charge on any atom is 0.260 e. The molecule has 4 rings (SSSR count). The van der Waals surface area contributed by atoms with Crippen LogP contribution in [0.15, 0.2) is 36.4 Å². The summed E-state index contributed by atoms with van der Waals surface area (Å²) in [5.41, 5.74) is 2.36. The van der Waals surface area contributed by atoms with Crippen molar-refractivity contribution in [3.8, 4) is 0 Å². The monoisotopic (exact) mass is 514 g/mol. The molecule has 2 aromatic rings. The topological polar surface area (TPSA) is 115 Å². The maximum absolute atomic E-state index is 13.9. The van der Waals surface area contributed by atoms with Gasteiger partial charge in [-0.05, 0) is 44.2 Å². The van der Waals surface area contributed by atoms with Gasteiger partial charge < -0.3 is 34.7 Å². The van der Waals surface area contributed by atoms with E-state index < -0.39 is 11.4 Å². The Kier molecular flexibility index (Phi) is 8.55. The molecule has 198 valence electrons. The molecule has 0 unspecified atom stereocenters. The number of benzene rings is 2. The highest BCUT2D eigenvalue weighted by molar-refractivity contribution is 6.36. The van der Waals surface area contributed by atoms with Crippen molar-refractivity contribution in [2.45, 2.75) is 19.4 Å². The lowest BCUT2D eigenvalue weighted by Crippen LogP contribution is -2.28. The smallest absolute Gasteiger partial charge is 0.260 e. The molecule has 9 nitrogen and oxygen atoms in total. The summed E-state index contributed by atoms with van der Waals surface area (Å²) in [5.74, 6) is -0.698. The first-order chi connectivity index (χ1) is 17.8. The number of amides is 2. The lowest BCUT2D eigenvalue weighted by Gasteiger charge is -2.20. The highest BCUT2D eigenvalue weighted by atomic mass is 19.1. The van der Waals surface area contributed by atoms with Crippen LogP contribution in [-0.2, 0) is 29.3 Å². The molecule has 0 fully saturated rings. The minimum atomic E-state index is -0.795. The minimum Gasteiger partial charge on any atom is -0.482 e. The van der Waals surface area contributed by atoms with Crippen molar-refractivity contribution in [3.63, 3.8) is 0 Å². The van der Waals surface area contributed by atoms with Crippen molar-refractivity contribution in [2.75, 3.05) is 58.1 Å². The van der Waals surface area contributed by atoms with E-state index in [-0.39, 0.29) is 24.0 Å². The van der Waals surface area contributed by atoms with Crippen molar-refractivity contribution in [1.82, 2.24) is 5.32 Å². The van der Waals surface area contributed by atoms with Gasteiger partial charge in [-0.1, -0.05) is 6.07 Å². The van der Waals surface area contributed by atoms with E-state index in [0.717, 1.165) is 5.56 Å². The van der Waals surface area contributed by atoms with E-state index in [2.05, 4.69) is 10.6 Å². The molecule has 0 bridgehead atoms. The van der Waals surface area contributed by atoms with Crippen LogP contribution < -0.4 is 10.6 Å². The van der Waals surface area contributed by atoms with Crippen LogP contribution in [0.1, 0.15) is 40.9 Å². The van der Waals surface area contributed by atoms with Gasteiger partial charge in [-0.2, -0.15) is 0 Å². The highest BCUT2D eigenvalue weighted by Crippen LogP contribution is 2.48. The van der Waals surface area contributed by atoms with Crippen LogP contribution in [0.4, 0.5) is 10.1 Å². The summed E-state index contributed by atoms with van der Waals surface area (Å²) < 4.78 is 36.0. The number of nitrogens with one attached hydrogen (secondary N) is 2. The number of hydrogen-bond acceptors (Lipinski definition) is 7. The maximum atomic E-state index is 13.9. The summed E-state index contributed by atoms with van der Waals surface area (Å²) in [5, 5.41) is 14.2. The van der Waals surface area contributed by atoms with Crippen LogP contribution in [0.5, 0.6) is 0 Å². The Morgan fingerprint density at radius 1 is 1.00 bits per heavy atom. The average Bonchev–Trinajstić information content (AvgIpc) is 3.33. The zero-order chi connectivity index (χ0) is 26.4. The number of carbonyl (C=O) groups is 2. The summed E-state index contributed by atoms with van der Waals surface area (Å²) in [6, 6.07) is 9.31. The van der Waals surface area contributed by atoms with E-state index in [0.29, 0.717) is 74.3 Å². The lowest BCUT2D eigenvalue weighted by atomic mass is 9.92. The van der Waals surface area contributed by atoms with Gasteiger partial charge in [0.2, 0.25) is 0 Å². The quantitative estimate of drug-likeness (QED) is 0.295. The van der Waals surface area contributed by atoms with Crippen molar-refractivity contribution in [2.24, 2.45) is 0 Å². The van der Waals surface area contributed by atoms with Crippen molar-refractivity contribution < 1.29 is 38.0 Å². The first-order valence-corrected chi connectivity index (χ1v) is 12.1. The molecule has 10 heteroatoms. The Morgan fingerprint density at radius 2 is 1.70 bits per heavy atom. The second kappa shape index (κ2) is 11.8. The molecule has 37 heavy (non-hydrogen) atoms. The molecule has 3 N–H and O–H groups in total. The Bertz CT molecular complexity index is 1200. The number of ether oxygens (including phenoxy) is 4. The second-order valence-electron chi connectivity index (χ2n) is 9.04. The molecule has 2 aliphatic rings. The number of fused-ring (bicyclic) bond motifs is 2. The van der Waals surface area contributed by atoms with E-state index in [1.165, 1.54) is 18.2 Å². The van der Waals surface area contributed by atoms with Gasteiger partial charge in [0.05, 0.1) is 51.8 Å². The van der Waals surface area contributed by atoms with Crippen LogP contribution in [-0.4, -0.2) is 69.7 Å². The molecule has 2 aromatic carbocycles. The molecule has 2 amide bonds. The number of hydrogen-bond donors (Lipinski definition) is 3. The van der Waals surface area contributed by atoms with E-state index in [4.69, 9.17) is 24.1 Å². The van der Waals surface area contributed by atoms with Gasteiger partial charge in [0.15, 0.2) is 0 Å². The molecular formula is C27H31FN2O7. The van der Waals surface area contributed by atoms with Gasteiger partial charge in [-0.15, -0.1) is 0 Å². The number of rotatable bonds is 12. The zero-order valence-electron chi connectivity index (χ0n) is 20.9. The van der Waals surface area contributed by atoms with Crippen LogP contribution in [0.2, 0.25) is 0 Å². The predicted molar refractivity (Wildman–Crippen MR) is 134 cm³/mol. The summed E-state index contributed by atoms with van der Waals surface area (Å²) in [7, 11) is 0. The van der Waals surface area contributed by atoms with Crippen molar-refractivity contribution in [3.05, 3.63) is 64.5 Å². The van der Waals surface area contributed by atoms with Crippen LogP contribution in [0, 0.1) is 5.82 Å². The third-order valence-electron chi connectivity index (χ3n) is 6.00. The third-order valence-corrected chi connectivity index (χ3v) is 6.00. The van der Waals surface area contributed by atoms with Crippen molar-refractivity contribution in [1.29, 1.82) is 0 Å². The van der Waals surface area contributed by atoms with Crippen LogP contribution in [0.3, 0.4) is 0 Å². The minimum absolute atomic E-state index is 0.0130. The zero-order valence-corrected chi connectivity index (χ0v) is 20.9. The van der Waals surface area contributed by atoms with Crippen molar-refractivity contribution >= 4 is 28.8 Å². The molecule has 0 aliphatic carbocycles. The molecule has 0 spiro atoms. The number of anilines is 1. The lowest BCUT2D eigenvalue weighted by molar-refractivity contribution is -0.110. The largest absolute Gasteiger partial charge is 0.482 e. The van der Waals surface area contributed by atoms with E-state index >= 15 is 0 Å². The number of aliphatic hydroxyl groups is 1. The molecule has 2 aliphatic heterocycles. The summed E-state index contributed by atoms with van der Waals surface area (Å²) >= 11 is 0. The Balaban J connectivity index is 1.35. The Labute approximate surface area is 214 Å². The third kappa shape index (κ3) is 6.16. The highest BCUT2D eigenvalue weighted by Gasteiger charge is 2.40. The van der Waals surface area contributed by atoms with Gasteiger partial charge in [0.1, 0.15) is 17.2 Å². The fourth-order valence-electron chi connectivity index (χ4n) is 4.24. The molecule has 0 radical (unpaired) electrons. The molecule has 0 atom stereocenters. The Hall–Kier alpha value is -3.31. The number of carbonyl (C=O) groups excluding carboxylic acids is 2. The fourth-order valence-corrected chi connectivity index (χ4v) is 4.24. The number of halogens is 1. The van der Waals surface area contributed by atoms with E-state index in [9.17, 15) is 14.0 Å². The van der Waals surface area contributed by atoms with Gasteiger partial charge in [0.25, 0.3) is 11.8 Å². The van der Waals surface area contributed by atoms with Gasteiger partial charge >= 0.3 is 0 Å². The average molecular weight is 515 g/mol. The van der Waals surface area contributed by atoms with Gasteiger partial charge in [0, 0.05) is 34.5 Å². The molecule has 0 saturated carbocycles. The van der Waals surface area contributed by atoms with Gasteiger partial charge in [-0.3, -0.25) is 9.59 Å². The molecule has 0 saturated heterocycles. The predicted octanol–water partition coefficient (Wildman–Crippen LogP) is 2.68. The normalized spacial score (nSPS) is 17.2. The molecule has 2 heterocycles. The molecule has 0 aromatic heterocycles. The summed E-state index contributed by atoms with van der Waals surface area (Å²) in [6.07, 6.45) is 0. The fraction of sp³-hybridized carbons (Fsp3) is 0.407. The van der Waals surface area contributed by atoms with E-state index in [1.54, 1.807) is 18.2 Å². The summed E-state index contributed by atoms with van der Waals surface area (Å²) in [6.45, 7) is 6.28. The SMILES string of the molecule is CC1(C)OC(=C2C(=O)Nc3ccc(F)cc32)c2ccc(C(=O)NCCOCCOCCOCCO)cc21. The summed E-state index contributed by atoms with van der Waals surface area (Å²) in [4.78, 5) is 25.5. The standard InChI is InChI=1S/C27H31FN2O7/c1-27(2)21-15-17(25(32)29-7-9-34-11-13-36-14-12-35-10-8-31)3-5-19(21)24(37-27)23-20-16-18(28)4-6-22(20)30-26(23)33/h3-6,15-16,31H,7-14H2,1-2H3,(H,29,32)(H,30,33).